The number of amides is 1. The molecule has 22 heavy (non-hydrogen) atoms. The summed E-state index contributed by atoms with van der Waals surface area (Å²) >= 11 is 0. The minimum atomic E-state index is -1.04. The molecule has 0 fully saturated rings. The van der Waals surface area contributed by atoms with Crippen LogP contribution in [0.4, 0.5) is 8.78 Å². The molecule has 0 aliphatic rings. The van der Waals surface area contributed by atoms with Gasteiger partial charge < -0.3 is 5.32 Å². The molecule has 1 N–H and O–H groups in total. The highest BCUT2D eigenvalue weighted by atomic mass is 19.2. The molecule has 0 aliphatic carbocycles. The predicted octanol–water partition coefficient (Wildman–Crippen LogP) is 3.44. The van der Waals surface area contributed by atoms with Crippen molar-refractivity contribution < 1.29 is 13.6 Å². The van der Waals surface area contributed by atoms with E-state index < -0.39 is 17.5 Å². The Bertz CT molecular complexity index is 849. The first-order valence-corrected chi connectivity index (χ1v) is 6.71. The van der Waals surface area contributed by atoms with Crippen molar-refractivity contribution in [2.75, 3.05) is 0 Å². The lowest BCUT2D eigenvalue weighted by atomic mass is 10.2. The molecule has 0 saturated heterocycles. The Morgan fingerprint density at radius 2 is 1.82 bits per heavy atom. The first kappa shape index (κ1) is 14.1. The Balaban J connectivity index is 1.72. The van der Waals surface area contributed by atoms with Crippen LogP contribution in [-0.2, 0) is 6.54 Å². The van der Waals surface area contributed by atoms with Gasteiger partial charge in [-0.2, -0.15) is 0 Å². The second-order valence-corrected chi connectivity index (χ2v) is 4.81. The van der Waals surface area contributed by atoms with E-state index in [-0.39, 0.29) is 12.1 Å². The highest BCUT2D eigenvalue weighted by Gasteiger charge is 2.09. The van der Waals surface area contributed by atoms with Gasteiger partial charge in [-0.05, 0) is 30.3 Å². The van der Waals surface area contributed by atoms with E-state index in [1.807, 2.05) is 36.4 Å². The molecule has 1 heterocycles. The van der Waals surface area contributed by atoms with Gasteiger partial charge in [0.05, 0.1) is 17.8 Å². The number of halogens is 2. The van der Waals surface area contributed by atoms with E-state index in [9.17, 15) is 13.6 Å². The van der Waals surface area contributed by atoms with Gasteiger partial charge in [0.2, 0.25) is 0 Å². The molecule has 110 valence electrons. The van der Waals surface area contributed by atoms with E-state index in [1.54, 1.807) is 0 Å². The molecule has 0 bridgehead atoms. The van der Waals surface area contributed by atoms with Crippen LogP contribution in [0.2, 0.25) is 0 Å². The van der Waals surface area contributed by atoms with Gasteiger partial charge >= 0.3 is 0 Å². The van der Waals surface area contributed by atoms with Crippen LogP contribution in [0.5, 0.6) is 0 Å². The van der Waals surface area contributed by atoms with Crippen LogP contribution >= 0.6 is 0 Å². The number of benzene rings is 2. The summed E-state index contributed by atoms with van der Waals surface area (Å²) in [7, 11) is 0. The topological polar surface area (TPSA) is 42.0 Å². The van der Waals surface area contributed by atoms with Gasteiger partial charge in [0.1, 0.15) is 0 Å². The Kier molecular flexibility index (Phi) is 3.78. The number of nitrogens with one attached hydrogen (secondary N) is 1. The van der Waals surface area contributed by atoms with Crippen molar-refractivity contribution in [1.82, 2.24) is 10.3 Å². The van der Waals surface area contributed by atoms with Crippen LogP contribution in [0.25, 0.3) is 10.9 Å². The summed E-state index contributed by atoms with van der Waals surface area (Å²) in [5, 5.41) is 3.65. The van der Waals surface area contributed by atoms with Gasteiger partial charge in [-0.15, -0.1) is 0 Å². The molecule has 0 atom stereocenters. The SMILES string of the molecule is O=C(NCc1ccc2ccccc2n1)c1ccc(F)c(F)c1. The molecular weight excluding hydrogens is 286 g/mol. The van der Waals surface area contributed by atoms with Crippen molar-refractivity contribution in [2.45, 2.75) is 6.54 Å². The van der Waals surface area contributed by atoms with E-state index in [0.717, 1.165) is 23.0 Å². The predicted molar refractivity (Wildman–Crippen MR) is 79.3 cm³/mol. The molecule has 0 spiro atoms. The average molecular weight is 298 g/mol. The average Bonchev–Trinajstić information content (AvgIpc) is 2.55. The third-order valence-electron chi connectivity index (χ3n) is 3.27. The fraction of sp³-hybridized carbons (Fsp3) is 0.0588. The molecule has 0 saturated carbocycles. The molecule has 1 amide bonds. The maximum absolute atomic E-state index is 13.1. The van der Waals surface area contributed by atoms with Gasteiger partial charge in [0.15, 0.2) is 11.6 Å². The molecule has 0 unspecified atom stereocenters. The van der Waals surface area contributed by atoms with Crippen molar-refractivity contribution in [1.29, 1.82) is 0 Å². The Morgan fingerprint density at radius 3 is 2.64 bits per heavy atom. The van der Waals surface area contributed by atoms with Gasteiger partial charge in [-0.1, -0.05) is 24.3 Å². The largest absolute Gasteiger partial charge is 0.346 e. The molecule has 3 rings (SSSR count). The summed E-state index contributed by atoms with van der Waals surface area (Å²) in [6.45, 7) is 0.211. The Hall–Kier alpha value is -2.82. The normalized spacial score (nSPS) is 10.6. The molecule has 0 aliphatic heterocycles. The zero-order valence-corrected chi connectivity index (χ0v) is 11.5. The van der Waals surface area contributed by atoms with E-state index >= 15 is 0 Å². The standard InChI is InChI=1S/C17H12F2N2O/c18-14-8-6-12(9-15(14)19)17(22)20-10-13-7-5-11-3-1-2-4-16(11)21-13/h1-9H,10H2,(H,20,22). The lowest BCUT2D eigenvalue weighted by Gasteiger charge is -2.06. The number of aromatic nitrogens is 1. The molecule has 3 nitrogen and oxygen atoms in total. The number of nitrogens with zero attached hydrogens (tertiary/aromatic N) is 1. The maximum Gasteiger partial charge on any atom is 0.251 e. The second kappa shape index (κ2) is 5.89. The monoisotopic (exact) mass is 298 g/mol. The molecule has 3 aromatic rings. The van der Waals surface area contributed by atoms with Crippen molar-refractivity contribution in [2.24, 2.45) is 0 Å². The number of para-hydroxylation sites is 1. The van der Waals surface area contributed by atoms with Gasteiger partial charge in [0.25, 0.3) is 5.91 Å². The second-order valence-electron chi connectivity index (χ2n) is 4.81. The van der Waals surface area contributed by atoms with E-state index in [2.05, 4.69) is 10.3 Å². The van der Waals surface area contributed by atoms with E-state index in [4.69, 9.17) is 0 Å². The first-order chi connectivity index (χ1) is 10.6. The Morgan fingerprint density at radius 1 is 1.00 bits per heavy atom. The zero-order chi connectivity index (χ0) is 15.5. The summed E-state index contributed by atoms with van der Waals surface area (Å²) in [5.74, 6) is -2.50. The minimum Gasteiger partial charge on any atom is -0.346 e. The number of carbonyl (C=O) groups excluding carboxylic acids is 1. The molecule has 2 aromatic carbocycles. The molecule has 5 heteroatoms. The van der Waals surface area contributed by atoms with Crippen molar-refractivity contribution in [3.63, 3.8) is 0 Å². The Labute approximate surface area is 125 Å². The zero-order valence-electron chi connectivity index (χ0n) is 11.5. The highest BCUT2D eigenvalue weighted by molar-refractivity contribution is 5.94. The van der Waals surface area contributed by atoms with Crippen molar-refractivity contribution in [3.8, 4) is 0 Å². The smallest absolute Gasteiger partial charge is 0.251 e. The third-order valence-corrected chi connectivity index (χ3v) is 3.27. The van der Waals surface area contributed by atoms with E-state index in [0.29, 0.717) is 5.69 Å². The lowest BCUT2D eigenvalue weighted by molar-refractivity contribution is 0.0950. The van der Waals surface area contributed by atoms with Crippen LogP contribution < -0.4 is 5.32 Å². The molecule has 1 aromatic heterocycles. The number of pyridine rings is 1. The summed E-state index contributed by atoms with van der Waals surface area (Å²) < 4.78 is 26.0. The van der Waals surface area contributed by atoms with Crippen molar-refractivity contribution >= 4 is 16.8 Å². The lowest BCUT2D eigenvalue weighted by Crippen LogP contribution is -2.23. The van der Waals surface area contributed by atoms with Crippen molar-refractivity contribution in [3.05, 3.63) is 77.5 Å². The van der Waals surface area contributed by atoms with Crippen LogP contribution in [0.1, 0.15) is 16.1 Å². The minimum absolute atomic E-state index is 0.0692. The summed E-state index contributed by atoms with van der Waals surface area (Å²) in [6.07, 6.45) is 0. The quantitative estimate of drug-likeness (QED) is 0.805. The number of hydrogen-bond acceptors (Lipinski definition) is 2. The summed E-state index contributed by atoms with van der Waals surface area (Å²) in [6, 6.07) is 14.4. The number of fused-ring (bicyclic) bond motifs is 1. The summed E-state index contributed by atoms with van der Waals surface area (Å²) in [5.41, 5.74) is 1.59. The molecule has 0 radical (unpaired) electrons. The van der Waals surface area contributed by atoms with Crippen LogP contribution in [0.15, 0.2) is 54.6 Å². The van der Waals surface area contributed by atoms with Crippen LogP contribution in [0, 0.1) is 11.6 Å². The van der Waals surface area contributed by atoms with Gasteiger partial charge in [0, 0.05) is 10.9 Å². The van der Waals surface area contributed by atoms with Gasteiger partial charge in [-0.3, -0.25) is 9.78 Å². The number of rotatable bonds is 3. The number of hydrogen-bond donors (Lipinski definition) is 1. The first-order valence-electron chi connectivity index (χ1n) is 6.71. The fourth-order valence-electron chi connectivity index (χ4n) is 2.12. The van der Waals surface area contributed by atoms with Crippen LogP contribution in [0.3, 0.4) is 0 Å². The van der Waals surface area contributed by atoms with Crippen LogP contribution in [-0.4, -0.2) is 10.9 Å². The van der Waals surface area contributed by atoms with Gasteiger partial charge in [-0.25, -0.2) is 8.78 Å². The number of carbonyl (C=O) groups is 1. The highest BCUT2D eigenvalue weighted by Crippen LogP contribution is 2.12. The molecular formula is C17H12F2N2O. The summed E-state index contributed by atoms with van der Waals surface area (Å²) in [4.78, 5) is 16.3. The van der Waals surface area contributed by atoms with E-state index in [1.165, 1.54) is 6.07 Å². The fourth-order valence-corrected chi connectivity index (χ4v) is 2.12. The third kappa shape index (κ3) is 2.93. The maximum atomic E-state index is 13.1.